The number of nitriles is 1. The van der Waals surface area contributed by atoms with E-state index in [4.69, 9.17) is 0 Å². The molecule has 1 atom stereocenters. The highest BCUT2D eigenvalue weighted by atomic mass is 32.1. The van der Waals surface area contributed by atoms with Gasteiger partial charge < -0.3 is 5.32 Å². The van der Waals surface area contributed by atoms with Crippen molar-refractivity contribution in [2.24, 2.45) is 5.41 Å². The Kier molecular flexibility index (Phi) is 4.40. The van der Waals surface area contributed by atoms with Crippen molar-refractivity contribution in [3.8, 4) is 6.07 Å². The van der Waals surface area contributed by atoms with Crippen LogP contribution < -0.4 is 10.2 Å². The van der Waals surface area contributed by atoms with Crippen LogP contribution in [0, 0.1) is 16.7 Å². The minimum Gasteiger partial charge on any atom is -0.307 e. The van der Waals surface area contributed by atoms with Crippen molar-refractivity contribution in [3.05, 3.63) is 68.8 Å². The first-order chi connectivity index (χ1) is 15.9. The number of nitrogens with one attached hydrogen (secondary N) is 1. The lowest BCUT2D eigenvalue weighted by Crippen LogP contribution is -2.47. The Hall–Kier alpha value is -3.24. The summed E-state index contributed by atoms with van der Waals surface area (Å²) in [5, 5.41) is 14.2. The Labute approximate surface area is 196 Å². The van der Waals surface area contributed by atoms with Crippen LogP contribution in [-0.2, 0) is 17.6 Å². The van der Waals surface area contributed by atoms with Crippen LogP contribution in [0.15, 0.2) is 47.2 Å². The van der Waals surface area contributed by atoms with Crippen LogP contribution in [0.25, 0.3) is 0 Å². The number of pyridine rings is 1. The first-order valence-corrected chi connectivity index (χ1v) is 12.3. The number of thiophene rings is 1. The number of carbonyl (C=O) groups is 2. The molecule has 6 rings (SSSR count). The van der Waals surface area contributed by atoms with Crippen LogP contribution in [-0.4, -0.2) is 16.7 Å². The topological polar surface area (TPSA) is 86.1 Å². The van der Waals surface area contributed by atoms with Gasteiger partial charge >= 0.3 is 0 Å². The molecule has 0 bridgehead atoms. The van der Waals surface area contributed by atoms with Crippen LogP contribution in [0.3, 0.4) is 0 Å². The molecule has 0 saturated carbocycles. The summed E-state index contributed by atoms with van der Waals surface area (Å²) in [6.45, 7) is 4.22. The van der Waals surface area contributed by atoms with Gasteiger partial charge in [-0.15, -0.1) is 11.3 Å². The number of Topliss-reactive ketones (excluding diaryl/α,β-unsaturated/α-hetero) is 1. The summed E-state index contributed by atoms with van der Waals surface area (Å²) in [6, 6.07) is 6.08. The number of hydrogen-bond donors (Lipinski definition) is 1. The molecule has 1 N–H and O–H groups in total. The van der Waals surface area contributed by atoms with Crippen LogP contribution in [0.1, 0.15) is 71.8 Å². The lowest BCUT2D eigenvalue weighted by molar-refractivity contribution is -0.118. The fourth-order valence-electron chi connectivity index (χ4n) is 5.82. The fourth-order valence-corrected chi connectivity index (χ4v) is 7.24. The molecule has 0 saturated heterocycles. The number of anilines is 1. The van der Waals surface area contributed by atoms with Crippen molar-refractivity contribution < 1.29 is 9.59 Å². The molecule has 7 heteroatoms. The van der Waals surface area contributed by atoms with Gasteiger partial charge in [-0.25, -0.2) is 0 Å². The van der Waals surface area contributed by atoms with Crippen molar-refractivity contribution in [2.45, 2.75) is 58.3 Å². The number of fused-ring (bicyclic) bond motifs is 6. The second kappa shape index (κ2) is 7.13. The molecule has 0 radical (unpaired) electrons. The number of ketones is 1. The molecule has 0 fully saturated rings. The highest BCUT2D eigenvalue weighted by Gasteiger charge is 2.48. The molecule has 166 valence electrons. The molecule has 2 aliphatic carbocycles. The second-order valence-corrected chi connectivity index (χ2v) is 11.2. The molecule has 4 aliphatic rings. The molecule has 4 heterocycles. The van der Waals surface area contributed by atoms with Gasteiger partial charge in [0.15, 0.2) is 5.78 Å². The van der Waals surface area contributed by atoms with Crippen molar-refractivity contribution in [1.29, 1.82) is 5.26 Å². The quantitative estimate of drug-likeness (QED) is 0.669. The SMILES string of the molecule is CC1(C)CC(=O)C2=C(C1)N1C(=C(C#N)C2c2cccnc2)NC(=O)c2c1sc1c2CCCC1. The maximum atomic E-state index is 13.6. The van der Waals surface area contributed by atoms with E-state index in [9.17, 15) is 14.9 Å². The molecule has 33 heavy (non-hydrogen) atoms. The standard InChI is InChI=1S/C26H24N4O2S/c1-26(2)10-17-22(18(31)11-26)20(14-6-5-9-28-13-14)16(12-27)23-29-24(32)21-15-7-3-4-8-19(15)33-25(21)30(17)23/h5-6,9,13,20H,3-4,7-8,10-11H2,1-2H3,(H,29,32). The number of amides is 1. The van der Waals surface area contributed by atoms with Crippen molar-refractivity contribution >= 4 is 28.0 Å². The Morgan fingerprint density at radius 2 is 2.06 bits per heavy atom. The van der Waals surface area contributed by atoms with E-state index in [2.05, 4.69) is 30.2 Å². The van der Waals surface area contributed by atoms with E-state index in [-0.39, 0.29) is 17.1 Å². The van der Waals surface area contributed by atoms with E-state index in [1.807, 2.05) is 17.0 Å². The molecular formula is C26H24N4O2S. The summed E-state index contributed by atoms with van der Waals surface area (Å²) < 4.78 is 0. The maximum Gasteiger partial charge on any atom is 0.260 e. The maximum absolute atomic E-state index is 13.6. The zero-order chi connectivity index (χ0) is 22.9. The molecule has 2 aromatic heterocycles. The van der Waals surface area contributed by atoms with E-state index in [0.717, 1.165) is 53.1 Å². The van der Waals surface area contributed by atoms with Crippen molar-refractivity contribution in [2.75, 3.05) is 4.90 Å². The first kappa shape index (κ1) is 20.4. The number of aryl methyl sites for hydroxylation is 1. The van der Waals surface area contributed by atoms with Gasteiger partial charge in [0.2, 0.25) is 0 Å². The molecule has 0 aromatic carbocycles. The van der Waals surface area contributed by atoms with Crippen LogP contribution in [0.4, 0.5) is 5.00 Å². The second-order valence-electron chi connectivity index (χ2n) is 10.1. The van der Waals surface area contributed by atoms with Crippen LogP contribution in [0.5, 0.6) is 0 Å². The summed E-state index contributed by atoms with van der Waals surface area (Å²) in [4.78, 5) is 34.5. The third-order valence-corrected chi connectivity index (χ3v) is 8.45. The third-order valence-electron chi connectivity index (χ3n) is 7.18. The Morgan fingerprint density at radius 3 is 2.82 bits per heavy atom. The lowest BCUT2D eigenvalue weighted by Gasteiger charge is -2.45. The Morgan fingerprint density at radius 1 is 1.24 bits per heavy atom. The van der Waals surface area contributed by atoms with Gasteiger partial charge in [0, 0.05) is 35.0 Å². The lowest BCUT2D eigenvalue weighted by atomic mass is 9.68. The number of nitrogens with zero attached hydrogens (tertiary/aromatic N) is 3. The van der Waals surface area contributed by atoms with Crippen LogP contribution in [0.2, 0.25) is 0 Å². The normalized spacial score (nSPS) is 23.3. The molecule has 1 amide bonds. The zero-order valence-corrected chi connectivity index (χ0v) is 19.5. The van der Waals surface area contributed by atoms with Gasteiger partial charge in [-0.1, -0.05) is 19.9 Å². The van der Waals surface area contributed by atoms with Crippen molar-refractivity contribution in [3.63, 3.8) is 0 Å². The van der Waals surface area contributed by atoms with E-state index in [1.165, 1.54) is 4.88 Å². The average Bonchev–Trinajstić information content (AvgIpc) is 3.18. The molecule has 6 nitrogen and oxygen atoms in total. The Balaban J connectivity index is 1.65. The number of aromatic nitrogens is 1. The molecular weight excluding hydrogens is 432 g/mol. The van der Waals surface area contributed by atoms with Gasteiger partial charge in [-0.05, 0) is 54.7 Å². The monoisotopic (exact) mass is 456 g/mol. The summed E-state index contributed by atoms with van der Waals surface area (Å²) in [6.07, 6.45) is 8.63. The van der Waals surface area contributed by atoms with Crippen molar-refractivity contribution in [1.82, 2.24) is 10.3 Å². The number of allylic oxidation sites excluding steroid dienone is 3. The van der Waals surface area contributed by atoms with Crippen LogP contribution >= 0.6 is 11.3 Å². The highest BCUT2D eigenvalue weighted by Crippen LogP contribution is 2.54. The largest absolute Gasteiger partial charge is 0.307 e. The number of hydrogen-bond acceptors (Lipinski definition) is 6. The zero-order valence-electron chi connectivity index (χ0n) is 18.7. The minimum atomic E-state index is -0.523. The molecule has 2 aromatic rings. The predicted octanol–water partition coefficient (Wildman–Crippen LogP) is 4.75. The highest BCUT2D eigenvalue weighted by molar-refractivity contribution is 7.17. The smallest absolute Gasteiger partial charge is 0.260 e. The van der Waals surface area contributed by atoms with Gasteiger partial charge in [-0.3, -0.25) is 19.5 Å². The predicted molar refractivity (Wildman–Crippen MR) is 126 cm³/mol. The number of carbonyl (C=O) groups excluding carboxylic acids is 2. The average molecular weight is 457 g/mol. The van der Waals surface area contributed by atoms with Gasteiger partial charge in [0.05, 0.1) is 23.1 Å². The Bertz CT molecular complexity index is 1330. The molecule has 2 aliphatic heterocycles. The molecule has 0 spiro atoms. The minimum absolute atomic E-state index is 0.0710. The fraction of sp³-hybridized carbons (Fsp3) is 0.385. The summed E-state index contributed by atoms with van der Waals surface area (Å²) >= 11 is 1.66. The van der Waals surface area contributed by atoms with E-state index < -0.39 is 5.92 Å². The van der Waals surface area contributed by atoms with E-state index in [0.29, 0.717) is 29.8 Å². The first-order valence-electron chi connectivity index (χ1n) is 11.5. The van der Waals surface area contributed by atoms with Gasteiger partial charge in [0.1, 0.15) is 10.8 Å². The third kappa shape index (κ3) is 2.94. The summed E-state index contributed by atoms with van der Waals surface area (Å²) in [7, 11) is 0. The van der Waals surface area contributed by atoms with E-state index >= 15 is 0 Å². The number of rotatable bonds is 1. The summed E-state index contributed by atoms with van der Waals surface area (Å²) in [5.41, 5.74) is 4.47. The molecule has 1 unspecified atom stereocenters. The van der Waals surface area contributed by atoms with Gasteiger partial charge in [-0.2, -0.15) is 5.26 Å². The van der Waals surface area contributed by atoms with Gasteiger partial charge in [0.25, 0.3) is 5.91 Å². The summed E-state index contributed by atoms with van der Waals surface area (Å²) in [5.74, 6) is -0.0860. The van der Waals surface area contributed by atoms with E-state index in [1.54, 1.807) is 23.7 Å².